The van der Waals surface area contributed by atoms with Gasteiger partial charge in [0.05, 0.1) is 0 Å². The number of hydrogen-bond acceptors (Lipinski definition) is 0. The van der Waals surface area contributed by atoms with Gasteiger partial charge in [-0.2, -0.15) is 0 Å². The van der Waals surface area contributed by atoms with Crippen molar-refractivity contribution in [3.05, 3.63) is 0 Å². The van der Waals surface area contributed by atoms with E-state index in [4.69, 9.17) is 0 Å². The zero-order chi connectivity index (χ0) is 2.00. The molecule has 0 amide bonds. The molecule has 0 aliphatic heterocycles. The Morgan fingerprint density at radius 3 is 1.50 bits per heavy atom. The fourth-order valence-corrected chi connectivity index (χ4v) is 0. The first-order valence-electron chi connectivity index (χ1n) is 0.143. The summed E-state index contributed by atoms with van der Waals surface area (Å²) >= 11 is 4.87. The monoisotopic (exact) mass is 550 g/mol. The topological polar surface area (TPSA) is 0 Å². The molecule has 0 aliphatic rings. The quantitative estimate of drug-likeness (QED) is 0.241. The number of hydrogen-bond donors (Lipinski definition) is 0. The van der Waals surface area contributed by atoms with E-state index in [0.717, 1.165) is 0 Å². The zero-order valence-corrected chi connectivity index (χ0v) is 18.0. The molecule has 0 aliphatic carbocycles. The van der Waals surface area contributed by atoms with Crippen LogP contribution in [0.1, 0.15) is 1.43 Å². The molecule has 4 heteroatoms. The SMILES string of the molecule is BrI.[Cs+].[H-].[PbH2]. The van der Waals surface area contributed by atoms with E-state index >= 15 is 0 Å². The summed E-state index contributed by atoms with van der Waals surface area (Å²) in [5, 5.41) is 0. The average Bonchev–Trinajstić information content (AvgIpc) is 1.00. The Hall–Kier alpha value is 4.18. The summed E-state index contributed by atoms with van der Waals surface area (Å²) < 4.78 is 0. The summed E-state index contributed by atoms with van der Waals surface area (Å²) in [6.07, 6.45) is 0. The van der Waals surface area contributed by atoms with Crippen LogP contribution in [0.2, 0.25) is 0 Å². The van der Waals surface area contributed by atoms with Crippen molar-refractivity contribution < 1.29 is 70.3 Å². The molecule has 4 heavy (non-hydrogen) atoms. The van der Waals surface area contributed by atoms with Gasteiger partial charge < -0.3 is 1.43 Å². The number of rotatable bonds is 0. The Morgan fingerprint density at radius 1 is 1.50 bits per heavy atom. The molecule has 22 valence electrons. The van der Waals surface area contributed by atoms with Gasteiger partial charge in [0.1, 0.15) is 0 Å². The molecule has 0 N–H and O–H groups in total. The Kier molecular flexibility index (Phi) is 61.7. The van der Waals surface area contributed by atoms with E-state index < -0.39 is 0 Å². The molecule has 0 rings (SSSR count). The van der Waals surface area contributed by atoms with Crippen LogP contribution >= 0.6 is 33.1 Å². The second-order valence-electron chi connectivity index (χ2n) is 0. The second kappa shape index (κ2) is 15.7. The van der Waals surface area contributed by atoms with Crippen LogP contribution in [0, 0.1) is 0 Å². The van der Waals surface area contributed by atoms with Crippen molar-refractivity contribution in [2.75, 3.05) is 0 Å². The van der Waals surface area contributed by atoms with Crippen molar-refractivity contribution in [1.29, 1.82) is 0 Å². The molecule has 0 unspecified atom stereocenters. The third-order valence-electron chi connectivity index (χ3n) is 0. The normalized spacial score (nSPS) is 1.50. The van der Waals surface area contributed by atoms with E-state index in [2.05, 4.69) is 12.7 Å². The maximum atomic E-state index is 2.91. The van der Waals surface area contributed by atoms with Crippen LogP contribution in [0.5, 0.6) is 0 Å². The molecular formula is H3BrCsIPb. The minimum atomic E-state index is 0. The maximum absolute atomic E-state index is 2.91. The van der Waals surface area contributed by atoms with E-state index in [9.17, 15) is 0 Å². The first-order chi connectivity index (χ1) is 1.00. The fourth-order valence-electron chi connectivity index (χ4n) is 0. The standard InChI is InChI=1S/BrI.Cs.Pb.3H/c1-2;;;;;/q;+1;;;;-1. The van der Waals surface area contributed by atoms with Crippen LogP contribution in [0.4, 0.5) is 0 Å². The number of halogens is 2. The van der Waals surface area contributed by atoms with Crippen LogP contribution in [0.25, 0.3) is 0 Å². The third kappa shape index (κ3) is 9.49. The van der Waals surface area contributed by atoms with Crippen molar-refractivity contribution in [2.24, 2.45) is 0 Å². The molecule has 0 atom stereocenters. The van der Waals surface area contributed by atoms with E-state index in [0.29, 0.717) is 0 Å². The average molecular weight is 550 g/mol. The first kappa shape index (κ1) is 15.7. The summed E-state index contributed by atoms with van der Waals surface area (Å²) in [4.78, 5) is 0. The molecule has 0 saturated heterocycles. The molecule has 0 aromatic carbocycles. The van der Waals surface area contributed by atoms with Gasteiger partial charge in [0, 0.05) is 20.4 Å². The summed E-state index contributed by atoms with van der Waals surface area (Å²) in [7, 11) is 0. The fraction of sp³-hybridized carbons (Fsp3) is 0. The van der Waals surface area contributed by atoms with Gasteiger partial charge in [-0.3, -0.25) is 0 Å². The van der Waals surface area contributed by atoms with Crippen LogP contribution in [-0.4, -0.2) is 27.3 Å². The van der Waals surface area contributed by atoms with Gasteiger partial charge in [-0.05, 0) is 12.7 Å². The van der Waals surface area contributed by atoms with Crippen molar-refractivity contribution in [3.63, 3.8) is 0 Å². The second-order valence-corrected chi connectivity index (χ2v) is 0. The molecule has 0 aromatic heterocycles. The van der Waals surface area contributed by atoms with Gasteiger partial charge in [0.2, 0.25) is 0 Å². The van der Waals surface area contributed by atoms with Gasteiger partial charge >= 0.3 is 96.2 Å². The molecule has 0 nitrogen and oxygen atoms in total. The summed E-state index contributed by atoms with van der Waals surface area (Å²) in [6, 6.07) is 0. The molecule has 0 fully saturated rings. The molecule has 0 aromatic rings. The van der Waals surface area contributed by atoms with Crippen molar-refractivity contribution >= 4 is 60.4 Å². The predicted octanol–water partition coefficient (Wildman–Crippen LogP) is -2.07. The zero-order valence-electron chi connectivity index (χ0n) is 3.46. The van der Waals surface area contributed by atoms with Gasteiger partial charge in [-0.25, -0.2) is 0 Å². The Balaban J connectivity index is -0.00000000167. The van der Waals surface area contributed by atoms with Crippen molar-refractivity contribution in [1.82, 2.24) is 0 Å². The van der Waals surface area contributed by atoms with Gasteiger partial charge in [0.15, 0.2) is 0 Å². The van der Waals surface area contributed by atoms with E-state index in [1.807, 2.05) is 20.4 Å². The predicted molar refractivity (Wildman–Crippen MR) is 32.6 cm³/mol. The summed E-state index contributed by atoms with van der Waals surface area (Å²) in [5.41, 5.74) is 0. The van der Waals surface area contributed by atoms with E-state index in [-0.39, 0.29) is 97.6 Å². The van der Waals surface area contributed by atoms with Gasteiger partial charge in [-0.1, -0.05) is 0 Å². The van der Waals surface area contributed by atoms with E-state index in [1.165, 1.54) is 0 Å². The molecule has 0 saturated carbocycles. The first-order valence-corrected chi connectivity index (χ1v) is 4.98. The van der Waals surface area contributed by atoms with Crippen molar-refractivity contribution in [2.45, 2.75) is 0 Å². The summed E-state index contributed by atoms with van der Waals surface area (Å²) in [6.45, 7) is 0. The molecule has 0 bridgehead atoms. The molecule has 0 heterocycles. The van der Waals surface area contributed by atoms with Gasteiger partial charge in [-0.15, -0.1) is 0 Å². The van der Waals surface area contributed by atoms with Crippen LogP contribution in [0.15, 0.2) is 0 Å². The minimum absolute atomic E-state index is 0. The van der Waals surface area contributed by atoms with Gasteiger partial charge in [0.25, 0.3) is 0 Å². The Morgan fingerprint density at radius 2 is 1.50 bits per heavy atom. The Bertz CT molecular complexity index is 11.6. The summed E-state index contributed by atoms with van der Waals surface area (Å²) in [5.74, 6) is 0. The molecular weight excluding hydrogens is 547 g/mol. The van der Waals surface area contributed by atoms with Crippen molar-refractivity contribution in [3.8, 4) is 0 Å². The van der Waals surface area contributed by atoms with Crippen LogP contribution in [-0.2, 0) is 0 Å². The van der Waals surface area contributed by atoms with E-state index in [1.54, 1.807) is 0 Å². The third-order valence-corrected chi connectivity index (χ3v) is 0. The molecule has 2 radical (unpaired) electrons. The van der Waals surface area contributed by atoms with Crippen LogP contribution in [0.3, 0.4) is 0 Å². The molecule has 0 spiro atoms. The Labute approximate surface area is 126 Å². The van der Waals surface area contributed by atoms with Crippen LogP contribution < -0.4 is 68.9 Å².